The molecule has 2 atom stereocenters. The Labute approximate surface area is 158 Å². The molecule has 2 N–H and O–H groups in total. The molecule has 1 aromatic rings. The number of morpholine rings is 1. The summed E-state index contributed by atoms with van der Waals surface area (Å²) in [5, 5.41) is 13.3. The van der Waals surface area contributed by atoms with Crippen molar-refractivity contribution in [2.75, 3.05) is 45.9 Å². The molecule has 8 heteroatoms. The number of carbonyl (C=O) groups is 2. The Hall–Kier alpha value is -1.90. The van der Waals surface area contributed by atoms with Crippen molar-refractivity contribution in [3.05, 3.63) is 23.7 Å². The Morgan fingerprint density at radius 2 is 2.15 bits per heavy atom. The first kappa shape index (κ1) is 18.5. The first-order chi connectivity index (χ1) is 13.1. The van der Waals surface area contributed by atoms with Crippen LogP contribution in [0.15, 0.2) is 16.7 Å². The van der Waals surface area contributed by atoms with E-state index in [1.165, 1.54) is 6.26 Å². The van der Waals surface area contributed by atoms with E-state index < -0.39 is 11.5 Å². The topological polar surface area (TPSA) is 95.2 Å². The van der Waals surface area contributed by atoms with Crippen LogP contribution in [0.3, 0.4) is 0 Å². The lowest BCUT2D eigenvalue weighted by Crippen LogP contribution is -2.62. The van der Waals surface area contributed by atoms with Gasteiger partial charge < -0.3 is 24.5 Å². The van der Waals surface area contributed by atoms with E-state index in [2.05, 4.69) is 10.2 Å². The predicted molar refractivity (Wildman–Crippen MR) is 96.0 cm³/mol. The van der Waals surface area contributed by atoms with Crippen LogP contribution < -0.4 is 5.32 Å². The second kappa shape index (κ2) is 7.61. The van der Waals surface area contributed by atoms with Crippen LogP contribution in [0, 0.1) is 5.41 Å². The normalized spacial score (nSPS) is 29.7. The third kappa shape index (κ3) is 3.61. The minimum absolute atomic E-state index is 0.140. The second-order valence-corrected chi connectivity index (χ2v) is 7.74. The van der Waals surface area contributed by atoms with Gasteiger partial charge >= 0.3 is 0 Å². The molecular formula is C19H27N3O5. The monoisotopic (exact) mass is 377 g/mol. The molecule has 148 valence electrons. The number of carbonyl (C=O) groups excluding carboxylic acids is 2. The zero-order valence-corrected chi connectivity index (χ0v) is 15.5. The molecule has 2 amide bonds. The maximum atomic E-state index is 13.0. The number of likely N-dealkylation sites (tertiary alicyclic amines) is 1. The van der Waals surface area contributed by atoms with Crippen LogP contribution in [-0.2, 0) is 16.1 Å². The van der Waals surface area contributed by atoms with Gasteiger partial charge in [-0.2, -0.15) is 0 Å². The van der Waals surface area contributed by atoms with E-state index in [4.69, 9.17) is 9.15 Å². The minimum atomic E-state index is -0.882. The Morgan fingerprint density at radius 3 is 2.93 bits per heavy atom. The number of aliphatic hydroxyl groups is 1. The summed E-state index contributed by atoms with van der Waals surface area (Å²) in [6.07, 6.45) is 2.63. The van der Waals surface area contributed by atoms with Gasteiger partial charge in [-0.3, -0.25) is 14.5 Å². The molecule has 27 heavy (non-hydrogen) atoms. The summed E-state index contributed by atoms with van der Waals surface area (Å²) in [6.45, 7) is 5.12. The summed E-state index contributed by atoms with van der Waals surface area (Å²) < 4.78 is 10.9. The Kier molecular flexibility index (Phi) is 5.21. The minimum Gasteiger partial charge on any atom is -0.467 e. The Balaban J connectivity index is 1.44. The molecule has 3 saturated heterocycles. The highest BCUT2D eigenvalue weighted by molar-refractivity contribution is 5.95. The number of furan rings is 1. The van der Waals surface area contributed by atoms with E-state index in [0.717, 1.165) is 25.3 Å². The van der Waals surface area contributed by atoms with E-state index in [0.29, 0.717) is 51.3 Å². The lowest BCUT2D eigenvalue weighted by molar-refractivity contribution is -0.147. The van der Waals surface area contributed by atoms with Crippen LogP contribution in [0.5, 0.6) is 0 Å². The molecular weight excluding hydrogens is 350 g/mol. The molecule has 3 aliphatic heterocycles. The molecule has 3 fully saturated rings. The number of aliphatic hydroxyl groups excluding tert-OH is 1. The number of nitrogens with one attached hydrogen (secondary N) is 1. The lowest BCUT2D eigenvalue weighted by Gasteiger charge is -2.46. The Bertz CT molecular complexity index is 699. The quantitative estimate of drug-likeness (QED) is 0.782. The highest BCUT2D eigenvalue weighted by atomic mass is 16.5. The van der Waals surface area contributed by atoms with E-state index in [1.54, 1.807) is 11.0 Å². The summed E-state index contributed by atoms with van der Waals surface area (Å²) in [4.78, 5) is 29.3. The third-order valence-corrected chi connectivity index (χ3v) is 5.99. The van der Waals surface area contributed by atoms with E-state index in [9.17, 15) is 14.7 Å². The van der Waals surface area contributed by atoms with Crippen molar-refractivity contribution < 1.29 is 23.8 Å². The average Bonchev–Trinajstić information content (AvgIpc) is 3.15. The number of hydrogen-bond acceptors (Lipinski definition) is 6. The molecule has 0 saturated carbocycles. The van der Waals surface area contributed by atoms with Crippen LogP contribution in [0.4, 0.5) is 0 Å². The fraction of sp³-hybridized carbons (Fsp3) is 0.684. The number of ether oxygens (including phenoxy) is 1. The standard InChI is InChI=1S/C19H27N3O5/c23-16-2-5-22(13-19(16)3-1-4-20-18(19)25)17(24)14-10-15(27-12-14)11-21-6-8-26-9-7-21/h10,12,16,23H,1-9,11,13H2,(H,20,25)/t16-,19-/m1/s1. The van der Waals surface area contributed by atoms with Crippen LogP contribution in [0.1, 0.15) is 35.4 Å². The molecule has 3 aliphatic rings. The van der Waals surface area contributed by atoms with Crippen molar-refractivity contribution in [1.82, 2.24) is 15.1 Å². The highest BCUT2D eigenvalue weighted by Crippen LogP contribution is 2.37. The molecule has 0 aliphatic carbocycles. The van der Waals surface area contributed by atoms with Gasteiger partial charge in [0.2, 0.25) is 5.91 Å². The van der Waals surface area contributed by atoms with Crippen molar-refractivity contribution in [3.8, 4) is 0 Å². The molecule has 0 bridgehead atoms. The van der Waals surface area contributed by atoms with Gasteiger partial charge in [0.25, 0.3) is 5.91 Å². The summed E-state index contributed by atoms with van der Waals surface area (Å²) >= 11 is 0. The second-order valence-electron chi connectivity index (χ2n) is 7.74. The molecule has 4 rings (SSSR count). The van der Waals surface area contributed by atoms with Crippen molar-refractivity contribution in [2.24, 2.45) is 5.41 Å². The number of rotatable bonds is 3. The van der Waals surface area contributed by atoms with E-state index >= 15 is 0 Å². The average molecular weight is 377 g/mol. The zero-order chi connectivity index (χ0) is 18.9. The molecule has 8 nitrogen and oxygen atoms in total. The summed E-state index contributed by atoms with van der Waals surface area (Å²) in [6, 6.07) is 1.79. The van der Waals surface area contributed by atoms with Crippen LogP contribution in [0.2, 0.25) is 0 Å². The van der Waals surface area contributed by atoms with Gasteiger partial charge in [0.1, 0.15) is 12.0 Å². The van der Waals surface area contributed by atoms with Crippen molar-refractivity contribution in [1.29, 1.82) is 0 Å². The number of nitrogens with zero attached hydrogens (tertiary/aromatic N) is 2. The van der Waals surface area contributed by atoms with Gasteiger partial charge in [0.05, 0.1) is 36.8 Å². The van der Waals surface area contributed by atoms with E-state index in [-0.39, 0.29) is 18.4 Å². The zero-order valence-electron chi connectivity index (χ0n) is 15.5. The number of piperidine rings is 2. The van der Waals surface area contributed by atoms with Gasteiger partial charge in [-0.05, 0) is 25.3 Å². The number of hydrogen-bond donors (Lipinski definition) is 2. The molecule has 0 aromatic carbocycles. The maximum Gasteiger partial charge on any atom is 0.257 e. The first-order valence-corrected chi connectivity index (χ1v) is 9.72. The van der Waals surface area contributed by atoms with Crippen LogP contribution in [0.25, 0.3) is 0 Å². The van der Waals surface area contributed by atoms with Crippen molar-refractivity contribution in [3.63, 3.8) is 0 Å². The van der Waals surface area contributed by atoms with Gasteiger partial charge in [-0.25, -0.2) is 0 Å². The Morgan fingerprint density at radius 1 is 1.33 bits per heavy atom. The van der Waals surface area contributed by atoms with Gasteiger partial charge in [0, 0.05) is 32.7 Å². The molecule has 4 heterocycles. The fourth-order valence-electron chi connectivity index (χ4n) is 4.35. The first-order valence-electron chi connectivity index (χ1n) is 9.72. The summed E-state index contributed by atoms with van der Waals surface area (Å²) in [5.41, 5.74) is -0.381. The van der Waals surface area contributed by atoms with E-state index in [1.807, 2.05) is 0 Å². The summed E-state index contributed by atoms with van der Waals surface area (Å²) in [5.74, 6) is 0.470. The molecule has 1 aromatic heterocycles. The lowest BCUT2D eigenvalue weighted by atomic mass is 9.71. The fourth-order valence-corrected chi connectivity index (χ4v) is 4.35. The number of amides is 2. The van der Waals surface area contributed by atoms with Gasteiger partial charge in [0.15, 0.2) is 0 Å². The third-order valence-electron chi connectivity index (χ3n) is 5.99. The van der Waals surface area contributed by atoms with Crippen LogP contribution >= 0.6 is 0 Å². The molecule has 1 spiro atoms. The SMILES string of the molecule is O=C(c1coc(CN2CCOCC2)c1)N1CC[C@@H](O)[C@@]2(CCCNC2=O)C1. The smallest absolute Gasteiger partial charge is 0.257 e. The maximum absolute atomic E-state index is 13.0. The largest absolute Gasteiger partial charge is 0.467 e. The molecule has 0 unspecified atom stereocenters. The van der Waals surface area contributed by atoms with Crippen molar-refractivity contribution >= 4 is 11.8 Å². The van der Waals surface area contributed by atoms with Crippen molar-refractivity contribution in [2.45, 2.75) is 31.9 Å². The summed E-state index contributed by atoms with van der Waals surface area (Å²) in [7, 11) is 0. The van der Waals surface area contributed by atoms with Gasteiger partial charge in [-0.15, -0.1) is 0 Å². The van der Waals surface area contributed by atoms with Crippen LogP contribution in [-0.4, -0.2) is 78.8 Å². The van der Waals surface area contributed by atoms with Gasteiger partial charge in [-0.1, -0.05) is 0 Å². The highest BCUT2D eigenvalue weighted by Gasteiger charge is 2.50. The predicted octanol–water partition coefficient (Wildman–Crippen LogP) is 0.215. The molecule has 0 radical (unpaired) electrons.